The number of methoxy groups -OCH3 is 1. The minimum atomic E-state index is -0.538. The van der Waals surface area contributed by atoms with Crippen molar-refractivity contribution >= 4 is 17.8 Å². The molecule has 1 aromatic carbocycles. The SMILES string of the molecule is COC(=O)C1CC(=O)N(c2oc(-c3ccccc3)cc2C#N)C1. The Labute approximate surface area is 132 Å². The average Bonchev–Trinajstić information content (AvgIpc) is 3.18. The summed E-state index contributed by atoms with van der Waals surface area (Å²) in [5.74, 6) is -0.543. The molecule has 1 fully saturated rings. The largest absolute Gasteiger partial charge is 0.469 e. The van der Waals surface area contributed by atoms with E-state index in [4.69, 9.17) is 4.42 Å². The molecule has 1 aliphatic rings. The lowest BCUT2D eigenvalue weighted by molar-refractivity contribution is -0.145. The highest BCUT2D eigenvalue weighted by atomic mass is 16.5. The van der Waals surface area contributed by atoms with Gasteiger partial charge in [-0.05, 0) is 0 Å². The van der Waals surface area contributed by atoms with Gasteiger partial charge in [0.15, 0.2) is 0 Å². The van der Waals surface area contributed by atoms with Gasteiger partial charge in [0.25, 0.3) is 0 Å². The average molecular weight is 310 g/mol. The lowest BCUT2D eigenvalue weighted by atomic mass is 10.1. The van der Waals surface area contributed by atoms with Crippen molar-refractivity contribution in [1.29, 1.82) is 5.26 Å². The van der Waals surface area contributed by atoms with Gasteiger partial charge in [-0.15, -0.1) is 0 Å². The number of rotatable bonds is 3. The van der Waals surface area contributed by atoms with Crippen molar-refractivity contribution in [2.24, 2.45) is 5.92 Å². The summed E-state index contributed by atoms with van der Waals surface area (Å²) in [4.78, 5) is 25.1. The number of hydrogen-bond donors (Lipinski definition) is 0. The number of amides is 1. The fourth-order valence-corrected chi connectivity index (χ4v) is 2.64. The minimum Gasteiger partial charge on any atom is -0.469 e. The van der Waals surface area contributed by atoms with Crippen LogP contribution in [0.25, 0.3) is 11.3 Å². The molecule has 0 radical (unpaired) electrons. The summed E-state index contributed by atoms with van der Waals surface area (Å²) < 4.78 is 10.4. The molecule has 23 heavy (non-hydrogen) atoms. The van der Waals surface area contributed by atoms with Crippen molar-refractivity contribution in [1.82, 2.24) is 0 Å². The summed E-state index contributed by atoms with van der Waals surface area (Å²) in [6.07, 6.45) is 0.0545. The second-order valence-corrected chi connectivity index (χ2v) is 5.24. The molecule has 0 bridgehead atoms. The number of benzene rings is 1. The Bertz CT molecular complexity index is 789. The van der Waals surface area contributed by atoms with E-state index in [1.807, 2.05) is 36.4 Å². The molecule has 116 valence electrons. The van der Waals surface area contributed by atoms with Gasteiger partial charge in [0, 0.05) is 24.6 Å². The zero-order valence-corrected chi connectivity index (χ0v) is 12.5. The van der Waals surface area contributed by atoms with Crippen LogP contribution < -0.4 is 4.90 Å². The Kier molecular flexibility index (Phi) is 3.85. The first kappa shape index (κ1) is 14.9. The third-order valence-corrected chi connectivity index (χ3v) is 3.80. The number of carbonyl (C=O) groups is 2. The van der Waals surface area contributed by atoms with Crippen LogP contribution in [0, 0.1) is 17.2 Å². The third kappa shape index (κ3) is 2.69. The lowest BCUT2D eigenvalue weighted by Crippen LogP contribution is -2.26. The summed E-state index contributed by atoms with van der Waals surface area (Å²) in [7, 11) is 1.29. The molecule has 0 saturated carbocycles. The van der Waals surface area contributed by atoms with Gasteiger partial charge in [-0.25, -0.2) is 0 Å². The van der Waals surface area contributed by atoms with Gasteiger partial charge in [0.1, 0.15) is 17.4 Å². The van der Waals surface area contributed by atoms with Crippen LogP contribution in [0.2, 0.25) is 0 Å². The number of carbonyl (C=O) groups excluding carboxylic acids is 2. The zero-order chi connectivity index (χ0) is 16.4. The maximum absolute atomic E-state index is 12.2. The van der Waals surface area contributed by atoms with Crippen molar-refractivity contribution in [3.8, 4) is 17.4 Å². The fourth-order valence-electron chi connectivity index (χ4n) is 2.64. The molecule has 1 aliphatic heterocycles. The van der Waals surface area contributed by atoms with Crippen molar-refractivity contribution in [3.63, 3.8) is 0 Å². The predicted octanol–water partition coefficient (Wildman–Crippen LogP) is 2.34. The number of hydrogen-bond acceptors (Lipinski definition) is 5. The maximum Gasteiger partial charge on any atom is 0.311 e. The molecule has 1 atom stereocenters. The summed E-state index contributed by atoms with van der Waals surface area (Å²) in [6, 6.07) is 12.9. The van der Waals surface area contributed by atoms with Gasteiger partial charge in [-0.1, -0.05) is 30.3 Å². The topological polar surface area (TPSA) is 83.5 Å². The normalized spacial score (nSPS) is 17.1. The van der Waals surface area contributed by atoms with Gasteiger partial charge in [-0.2, -0.15) is 5.26 Å². The molecule has 3 rings (SSSR count). The van der Waals surface area contributed by atoms with Crippen LogP contribution in [0.1, 0.15) is 12.0 Å². The van der Waals surface area contributed by atoms with E-state index in [0.717, 1.165) is 5.56 Å². The Hall–Kier alpha value is -3.07. The van der Waals surface area contributed by atoms with Gasteiger partial charge < -0.3 is 9.15 Å². The molecular formula is C17H14N2O4. The van der Waals surface area contributed by atoms with Crippen molar-refractivity contribution in [2.75, 3.05) is 18.6 Å². The van der Waals surface area contributed by atoms with Crippen LogP contribution in [-0.2, 0) is 14.3 Å². The highest BCUT2D eigenvalue weighted by Gasteiger charge is 2.38. The first-order valence-electron chi connectivity index (χ1n) is 7.11. The van der Waals surface area contributed by atoms with E-state index in [1.54, 1.807) is 6.07 Å². The number of anilines is 1. The van der Waals surface area contributed by atoms with Crippen LogP contribution in [0.5, 0.6) is 0 Å². The third-order valence-electron chi connectivity index (χ3n) is 3.80. The van der Waals surface area contributed by atoms with Crippen molar-refractivity contribution < 1.29 is 18.7 Å². The van der Waals surface area contributed by atoms with E-state index < -0.39 is 11.9 Å². The van der Waals surface area contributed by atoms with Gasteiger partial charge in [-0.3, -0.25) is 14.5 Å². The molecule has 1 amide bonds. The predicted molar refractivity (Wildman–Crippen MR) is 81.3 cm³/mol. The minimum absolute atomic E-state index is 0.0545. The summed E-state index contributed by atoms with van der Waals surface area (Å²) >= 11 is 0. The highest BCUT2D eigenvalue weighted by Crippen LogP contribution is 2.34. The maximum atomic E-state index is 12.2. The van der Waals surface area contributed by atoms with E-state index in [-0.39, 0.29) is 30.3 Å². The molecule has 1 unspecified atom stereocenters. The summed E-state index contributed by atoms with van der Waals surface area (Å²) in [5.41, 5.74) is 1.08. The molecule has 6 heteroatoms. The molecule has 2 aromatic rings. The van der Waals surface area contributed by atoms with Crippen LogP contribution in [-0.4, -0.2) is 25.5 Å². The van der Waals surface area contributed by atoms with E-state index >= 15 is 0 Å². The number of esters is 1. The van der Waals surface area contributed by atoms with E-state index in [9.17, 15) is 14.9 Å². The van der Waals surface area contributed by atoms with E-state index in [1.165, 1.54) is 12.0 Å². The van der Waals surface area contributed by atoms with Crippen LogP contribution in [0.15, 0.2) is 40.8 Å². The number of furan rings is 1. The fraction of sp³-hybridized carbons (Fsp3) is 0.235. The molecule has 0 spiro atoms. The number of nitriles is 1. The molecule has 0 N–H and O–H groups in total. The second kappa shape index (κ2) is 5.97. The van der Waals surface area contributed by atoms with Crippen LogP contribution in [0.3, 0.4) is 0 Å². The van der Waals surface area contributed by atoms with Gasteiger partial charge in [0.05, 0.1) is 13.0 Å². The highest BCUT2D eigenvalue weighted by molar-refractivity contribution is 5.99. The van der Waals surface area contributed by atoms with Crippen molar-refractivity contribution in [2.45, 2.75) is 6.42 Å². The molecule has 2 heterocycles. The van der Waals surface area contributed by atoms with Crippen molar-refractivity contribution in [3.05, 3.63) is 42.0 Å². The smallest absolute Gasteiger partial charge is 0.311 e. The lowest BCUT2D eigenvalue weighted by Gasteiger charge is -2.13. The van der Waals surface area contributed by atoms with Gasteiger partial charge >= 0.3 is 5.97 Å². The zero-order valence-electron chi connectivity index (χ0n) is 12.5. The molecular weight excluding hydrogens is 296 g/mol. The number of nitrogens with zero attached hydrogens (tertiary/aromatic N) is 2. The van der Waals surface area contributed by atoms with E-state index in [0.29, 0.717) is 5.76 Å². The Morgan fingerprint density at radius 1 is 1.39 bits per heavy atom. The first-order chi connectivity index (χ1) is 11.1. The Balaban J connectivity index is 1.94. The molecule has 1 saturated heterocycles. The first-order valence-corrected chi connectivity index (χ1v) is 7.11. The molecule has 0 aliphatic carbocycles. The van der Waals surface area contributed by atoms with Crippen LogP contribution >= 0.6 is 0 Å². The summed E-state index contributed by atoms with van der Waals surface area (Å²) in [5, 5.41) is 9.31. The monoisotopic (exact) mass is 310 g/mol. The Morgan fingerprint density at radius 2 is 2.13 bits per heavy atom. The van der Waals surface area contributed by atoms with Crippen LogP contribution in [0.4, 0.5) is 5.88 Å². The van der Waals surface area contributed by atoms with Gasteiger partial charge in [0.2, 0.25) is 11.8 Å². The van der Waals surface area contributed by atoms with E-state index in [2.05, 4.69) is 4.74 Å². The Morgan fingerprint density at radius 3 is 2.78 bits per heavy atom. The number of ether oxygens (including phenoxy) is 1. The second-order valence-electron chi connectivity index (χ2n) is 5.24. The quantitative estimate of drug-likeness (QED) is 0.813. The molecule has 6 nitrogen and oxygen atoms in total. The summed E-state index contributed by atoms with van der Waals surface area (Å²) in [6.45, 7) is 0.155. The standard InChI is InChI=1S/C17H14N2O4/c1-22-17(21)13-8-15(20)19(10-13)16-12(9-18)7-14(23-16)11-5-3-2-4-6-11/h2-7,13H,8,10H2,1H3. The molecule has 1 aromatic heterocycles.